The predicted molar refractivity (Wildman–Crippen MR) is 125 cm³/mol. The van der Waals surface area contributed by atoms with Crippen molar-refractivity contribution in [2.75, 3.05) is 37.6 Å². The lowest BCUT2D eigenvalue weighted by atomic mass is 10.1. The maximum atomic E-state index is 13.1. The molecule has 31 heavy (non-hydrogen) atoms. The van der Waals surface area contributed by atoms with Crippen LogP contribution in [0.2, 0.25) is 0 Å². The molecular weight excluding hydrogens is 387 g/mol. The number of hydrogen-bond donors (Lipinski definition) is 0. The molecule has 0 spiro atoms. The predicted octanol–water partition coefficient (Wildman–Crippen LogP) is 4.80. The third-order valence-corrected chi connectivity index (χ3v) is 6.20. The molecular formula is C26H33FN4. The average molecular weight is 421 g/mol. The van der Waals surface area contributed by atoms with E-state index in [9.17, 15) is 4.39 Å². The molecule has 164 valence electrons. The molecule has 0 bridgehead atoms. The number of rotatable bonds is 10. The number of hydrogen-bond acceptors (Lipinski definition) is 3. The van der Waals surface area contributed by atoms with Crippen molar-refractivity contribution in [3.63, 3.8) is 0 Å². The van der Waals surface area contributed by atoms with E-state index in [1.807, 2.05) is 18.3 Å². The Morgan fingerprint density at radius 3 is 2.29 bits per heavy atom. The Balaban J connectivity index is 1.13. The first-order valence-electron chi connectivity index (χ1n) is 11.6. The van der Waals surface area contributed by atoms with Gasteiger partial charge in [-0.15, -0.1) is 0 Å². The quantitative estimate of drug-likeness (QED) is 0.440. The maximum absolute atomic E-state index is 13.1. The van der Waals surface area contributed by atoms with Gasteiger partial charge in [-0.25, -0.2) is 4.39 Å². The van der Waals surface area contributed by atoms with Gasteiger partial charge in [0.15, 0.2) is 0 Å². The molecule has 1 aliphatic rings. The summed E-state index contributed by atoms with van der Waals surface area (Å²) in [5, 5.41) is 4.54. The van der Waals surface area contributed by atoms with Gasteiger partial charge in [0.2, 0.25) is 0 Å². The van der Waals surface area contributed by atoms with Crippen molar-refractivity contribution < 1.29 is 4.39 Å². The molecule has 0 N–H and O–H groups in total. The fourth-order valence-electron chi connectivity index (χ4n) is 4.37. The van der Waals surface area contributed by atoms with Crippen LogP contribution in [-0.2, 0) is 19.4 Å². The number of anilines is 1. The van der Waals surface area contributed by atoms with Crippen molar-refractivity contribution in [1.82, 2.24) is 14.7 Å². The van der Waals surface area contributed by atoms with E-state index in [-0.39, 0.29) is 5.82 Å². The minimum atomic E-state index is -0.167. The average Bonchev–Trinajstić information content (AvgIpc) is 3.26. The molecule has 4 rings (SSSR count). The lowest BCUT2D eigenvalue weighted by Crippen LogP contribution is -2.46. The highest BCUT2D eigenvalue weighted by Crippen LogP contribution is 2.17. The zero-order valence-corrected chi connectivity index (χ0v) is 18.3. The lowest BCUT2D eigenvalue weighted by Gasteiger charge is -2.36. The van der Waals surface area contributed by atoms with Crippen LogP contribution in [0.25, 0.3) is 0 Å². The molecule has 1 fully saturated rings. The van der Waals surface area contributed by atoms with Gasteiger partial charge in [-0.05, 0) is 74.5 Å². The molecule has 2 aromatic carbocycles. The molecule has 0 amide bonds. The normalized spacial score (nSPS) is 14.8. The highest BCUT2D eigenvalue weighted by atomic mass is 19.1. The summed E-state index contributed by atoms with van der Waals surface area (Å²) in [7, 11) is 0. The number of unbranched alkanes of at least 4 members (excludes halogenated alkanes) is 1. The van der Waals surface area contributed by atoms with Crippen LogP contribution in [0.5, 0.6) is 0 Å². The second-order valence-corrected chi connectivity index (χ2v) is 8.40. The number of benzene rings is 2. The standard InChI is InChI=1S/C26H33FN4/c27-24-11-13-25(14-12-24)30-21-19-29(20-22-30)17-5-4-10-26-15-16-28-31(26)18-6-9-23-7-2-1-3-8-23/h1-3,7-8,11-16H,4-6,9-10,17-22H2. The van der Waals surface area contributed by atoms with E-state index in [1.54, 1.807) is 12.1 Å². The molecule has 0 aliphatic carbocycles. The second-order valence-electron chi connectivity index (χ2n) is 8.40. The van der Waals surface area contributed by atoms with Crippen LogP contribution in [0.15, 0.2) is 66.9 Å². The number of nitrogens with zero attached hydrogens (tertiary/aromatic N) is 4. The molecule has 0 saturated carbocycles. The van der Waals surface area contributed by atoms with Gasteiger partial charge in [0.1, 0.15) is 5.82 Å². The summed E-state index contributed by atoms with van der Waals surface area (Å²) < 4.78 is 15.3. The molecule has 3 aromatic rings. The third kappa shape index (κ3) is 6.41. The minimum absolute atomic E-state index is 0.167. The summed E-state index contributed by atoms with van der Waals surface area (Å²) >= 11 is 0. The van der Waals surface area contributed by atoms with Crippen molar-refractivity contribution >= 4 is 5.69 Å². The Labute approximate surface area is 185 Å². The summed E-state index contributed by atoms with van der Waals surface area (Å²) in [4.78, 5) is 4.90. The topological polar surface area (TPSA) is 24.3 Å². The van der Waals surface area contributed by atoms with E-state index in [0.29, 0.717) is 0 Å². The van der Waals surface area contributed by atoms with Crippen molar-refractivity contribution in [1.29, 1.82) is 0 Å². The van der Waals surface area contributed by atoms with Crippen molar-refractivity contribution in [2.24, 2.45) is 0 Å². The Morgan fingerprint density at radius 2 is 1.52 bits per heavy atom. The van der Waals surface area contributed by atoms with Gasteiger partial charge in [0.05, 0.1) is 0 Å². The van der Waals surface area contributed by atoms with E-state index in [4.69, 9.17) is 0 Å². The monoisotopic (exact) mass is 420 g/mol. The number of aryl methyl sites for hydroxylation is 3. The number of halogens is 1. The molecule has 0 radical (unpaired) electrons. The van der Waals surface area contributed by atoms with Crippen LogP contribution in [0.3, 0.4) is 0 Å². The summed E-state index contributed by atoms with van der Waals surface area (Å²) in [6.07, 6.45) is 7.67. The van der Waals surface area contributed by atoms with Gasteiger partial charge in [0.25, 0.3) is 0 Å². The van der Waals surface area contributed by atoms with Crippen LogP contribution in [0.4, 0.5) is 10.1 Å². The van der Waals surface area contributed by atoms with Gasteiger partial charge in [-0.1, -0.05) is 30.3 Å². The molecule has 4 nitrogen and oxygen atoms in total. The lowest BCUT2D eigenvalue weighted by molar-refractivity contribution is 0.253. The molecule has 0 unspecified atom stereocenters. The van der Waals surface area contributed by atoms with Crippen LogP contribution < -0.4 is 4.90 Å². The van der Waals surface area contributed by atoms with E-state index in [0.717, 1.165) is 64.2 Å². The number of piperazine rings is 1. The Hall–Kier alpha value is -2.66. The first-order chi connectivity index (χ1) is 15.3. The highest BCUT2D eigenvalue weighted by molar-refractivity contribution is 5.46. The Bertz CT molecular complexity index is 899. The van der Waals surface area contributed by atoms with Crippen LogP contribution in [0, 0.1) is 5.82 Å². The van der Waals surface area contributed by atoms with E-state index in [1.165, 1.54) is 24.1 Å². The second kappa shape index (κ2) is 11.1. The Kier molecular flexibility index (Phi) is 7.72. The maximum Gasteiger partial charge on any atom is 0.123 e. The van der Waals surface area contributed by atoms with Gasteiger partial charge >= 0.3 is 0 Å². The number of aromatic nitrogens is 2. The molecule has 1 aliphatic heterocycles. The van der Waals surface area contributed by atoms with Gasteiger partial charge in [0, 0.05) is 50.3 Å². The largest absolute Gasteiger partial charge is 0.369 e. The first kappa shape index (κ1) is 21.6. The summed E-state index contributed by atoms with van der Waals surface area (Å²) in [5.74, 6) is -0.167. The minimum Gasteiger partial charge on any atom is -0.369 e. The van der Waals surface area contributed by atoms with Gasteiger partial charge in [-0.2, -0.15) is 5.10 Å². The van der Waals surface area contributed by atoms with Gasteiger partial charge in [-0.3, -0.25) is 9.58 Å². The zero-order valence-electron chi connectivity index (χ0n) is 18.3. The summed E-state index contributed by atoms with van der Waals surface area (Å²) in [5.41, 5.74) is 3.88. The summed E-state index contributed by atoms with van der Waals surface area (Å²) in [6.45, 7) is 6.32. The van der Waals surface area contributed by atoms with Crippen molar-refractivity contribution in [2.45, 2.75) is 38.6 Å². The van der Waals surface area contributed by atoms with Crippen molar-refractivity contribution in [3.8, 4) is 0 Å². The molecule has 1 aromatic heterocycles. The smallest absolute Gasteiger partial charge is 0.123 e. The molecule has 5 heteroatoms. The Morgan fingerprint density at radius 1 is 0.742 bits per heavy atom. The fraction of sp³-hybridized carbons (Fsp3) is 0.423. The first-order valence-corrected chi connectivity index (χ1v) is 11.6. The van der Waals surface area contributed by atoms with Gasteiger partial charge < -0.3 is 4.90 Å². The van der Waals surface area contributed by atoms with E-state index < -0.39 is 0 Å². The third-order valence-electron chi connectivity index (χ3n) is 6.20. The zero-order chi connectivity index (χ0) is 21.3. The summed E-state index contributed by atoms with van der Waals surface area (Å²) in [6, 6.07) is 19.7. The highest BCUT2D eigenvalue weighted by Gasteiger charge is 2.16. The SMILES string of the molecule is Fc1ccc(N2CCN(CCCCc3ccnn3CCCc3ccccc3)CC2)cc1. The molecule has 1 saturated heterocycles. The van der Waals surface area contributed by atoms with Crippen LogP contribution in [0.1, 0.15) is 30.5 Å². The van der Waals surface area contributed by atoms with Crippen molar-refractivity contribution in [3.05, 3.63) is 83.9 Å². The van der Waals surface area contributed by atoms with Crippen LogP contribution in [-0.4, -0.2) is 47.4 Å². The molecule has 0 atom stereocenters. The fourth-order valence-corrected chi connectivity index (χ4v) is 4.37. The van der Waals surface area contributed by atoms with E-state index in [2.05, 4.69) is 56.0 Å². The molecule has 2 heterocycles. The van der Waals surface area contributed by atoms with E-state index >= 15 is 0 Å². The van der Waals surface area contributed by atoms with Crippen LogP contribution >= 0.6 is 0 Å².